The molecule has 0 saturated heterocycles. The van der Waals surface area contributed by atoms with Crippen LogP contribution in [-0.2, 0) is 6.61 Å². The van der Waals surface area contributed by atoms with Crippen LogP contribution in [0.3, 0.4) is 0 Å². The lowest BCUT2D eigenvalue weighted by Crippen LogP contribution is -2.37. The van der Waals surface area contributed by atoms with Gasteiger partial charge in [0.25, 0.3) is 5.91 Å². The van der Waals surface area contributed by atoms with Crippen LogP contribution in [0.5, 0.6) is 5.75 Å². The van der Waals surface area contributed by atoms with Gasteiger partial charge in [-0.1, -0.05) is 12.1 Å². The quantitative estimate of drug-likeness (QED) is 0.625. The van der Waals surface area contributed by atoms with E-state index in [4.69, 9.17) is 14.4 Å². The maximum absolute atomic E-state index is 12.0. The smallest absolute Gasteiger partial charge is 0.273 e. The second-order valence-electron chi connectivity index (χ2n) is 5.56. The van der Waals surface area contributed by atoms with Gasteiger partial charge in [-0.2, -0.15) is 5.10 Å². The molecule has 26 heavy (non-hydrogen) atoms. The van der Waals surface area contributed by atoms with E-state index in [1.165, 1.54) is 12.4 Å². The van der Waals surface area contributed by atoms with Gasteiger partial charge in [-0.3, -0.25) is 4.79 Å². The van der Waals surface area contributed by atoms with Crippen LogP contribution in [-0.4, -0.2) is 43.6 Å². The van der Waals surface area contributed by atoms with Gasteiger partial charge in [0.15, 0.2) is 11.5 Å². The van der Waals surface area contributed by atoms with Gasteiger partial charge in [0, 0.05) is 6.07 Å². The van der Waals surface area contributed by atoms with Gasteiger partial charge in [0.1, 0.15) is 25.0 Å². The van der Waals surface area contributed by atoms with Crippen molar-refractivity contribution >= 4 is 5.91 Å². The highest BCUT2D eigenvalue weighted by atomic mass is 16.5. The van der Waals surface area contributed by atoms with E-state index in [0.717, 1.165) is 5.69 Å². The van der Waals surface area contributed by atoms with E-state index in [1.807, 2.05) is 19.1 Å². The molecule has 3 rings (SSSR count). The Balaban J connectivity index is 1.55. The number of nitrogens with zero attached hydrogens (tertiary/aromatic N) is 4. The zero-order valence-electron chi connectivity index (χ0n) is 14.2. The molecule has 0 aliphatic carbocycles. The second kappa shape index (κ2) is 8.26. The number of rotatable bonds is 8. The van der Waals surface area contributed by atoms with E-state index in [1.54, 1.807) is 23.1 Å². The molecular weight excluding hydrogens is 338 g/mol. The molecule has 0 aliphatic heterocycles. The van der Waals surface area contributed by atoms with E-state index in [9.17, 15) is 4.79 Å². The summed E-state index contributed by atoms with van der Waals surface area (Å²) in [4.78, 5) is 15.9. The largest absolute Gasteiger partial charge is 0.486 e. The number of carbonyl (C=O) groups is 1. The molecule has 0 bridgehead atoms. The Hall–Kier alpha value is -3.20. The maximum Gasteiger partial charge on any atom is 0.273 e. The summed E-state index contributed by atoms with van der Waals surface area (Å²) in [5.74, 6) is 0.674. The van der Waals surface area contributed by atoms with Gasteiger partial charge in [0.05, 0.1) is 18.3 Å². The molecule has 1 unspecified atom stereocenters. The lowest BCUT2D eigenvalue weighted by atomic mass is 10.2. The standard InChI is InChI=1S/C17H19N5O4/c1-2-12(8-23)20-17(24)16-7-15(26-21-16)9-25-14-5-3-13(4-6-14)22-11-18-10-19-22/h3-7,10-12,23H,2,8-9H2,1H3,(H,20,24). The number of benzene rings is 1. The monoisotopic (exact) mass is 357 g/mol. The highest BCUT2D eigenvalue weighted by Crippen LogP contribution is 2.16. The Morgan fingerprint density at radius 3 is 2.85 bits per heavy atom. The Labute approximate surface area is 149 Å². The fourth-order valence-electron chi connectivity index (χ4n) is 2.22. The molecule has 3 aromatic rings. The van der Waals surface area contributed by atoms with E-state index >= 15 is 0 Å². The molecule has 1 aromatic carbocycles. The highest BCUT2D eigenvalue weighted by Gasteiger charge is 2.16. The molecule has 0 radical (unpaired) electrons. The molecule has 136 valence electrons. The Kier molecular flexibility index (Phi) is 5.59. The van der Waals surface area contributed by atoms with Gasteiger partial charge < -0.3 is 19.7 Å². The number of nitrogens with one attached hydrogen (secondary N) is 1. The molecule has 0 fully saturated rings. The van der Waals surface area contributed by atoms with Crippen molar-refractivity contribution in [3.05, 3.63) is 54.4 Å². The van der Waals surface area contributed by atoms with Crippen molar-refractivity contribution in [2.75, 3.05) is 6.61 Å². The number of hydrogen-bond donors (Lipinski definition) is 2. The normalized spacial score (nSPS) is 11.9. The van der Waals surface area contributed by atoms with Crippen molar-refractivity contribution < 1.29 is 19.2 Å². The Bertz CT molecular complexity index is 825. The molecule has 9 heteroatoms. The second-order valence-corrected chi connectivity index (χ2v) is 5.56. The van der Waals surface area contributed by atoms with Gasteiger partial charge in [-0.25, -0.2) is 9.67 Å². The molecular formula is C17H19N5O4. The summed E-state index contributed by atoms with van der Waals surface area (Å²) in [6.45, 7) is 1.89. The summed E-state index contributed by atoms with van der Waals surface area (Å²) in [6.07, 6.45) is 3.70. The first kappa shape index (κ1) is 17.6. The van der Waals surface area contributed by atoms with Crippen LogP contribution in [0.15, 0.2) is 47.5 Å². The lowest BCUT2D eigenvalue weighted by molar-refractivity contribution is 0.0905. The van der Waals surface area contributed by atoms with Crippen molar-refractivity contribution in [2.45, 2.75) is 26.0 Å². The van der Waals surface area contributed by atoms with E-state index in [0.29, 0.717) is 17.9 Å². The van der Waals surface area contributed by atoms with Crippen molar-refractivity contribution in [3.8, 4) is 11.4 Å². The van der Waals surface area contributed by atoms with Crippen LogP contribution in [0.1, 0.15) is 29.6 Å². The number of amides is 1. The molecule has 0 saturated carbocycles. The molecule has 0 aliphatic rings. The molecule has 1 amide bonds. The first-order valence-electron chi connectivity index (χ1n) is 8.14. The number of ether oxygens (including phenoxy) is 1. The predicted octanol–water partition coefficient (Wildman–Crippen LogP) is 1.33. The first-order chi connectivity index (χ1) is 12.7. The van der Waals surface area contributed by atoms with Gasteiger partial charge in [-0.15, -0.1) is 0 Å². The molecule has 1 atom stereocenters. The third-order valence-corrected chi connectivity index (χ3v) is 3.74. The van der Waals surface area contributed by atoms with Crippen molar-refractivity contribution in [3.63, 3.8) is 0 Å². The highest BCUT2D eigenvalue weighted by molar-refractivity contribution is 5.92. The average molecular weight is 357 g/mol. The first-order valence-corrected chi connectivity index (χ1v) is 8.14. The number of carbonyl (C=O) groups excluding carboxylic acids is 1. The van der Waals surface area contributed by atoms with Gasteiger partial charge >= 0.3 is 0 Å². The molecule has 0 spiro atoms. The molecule has 2 N–H and O–H groups in total. The zero-order valence-corrected chi connectivity index (χ0v) is 14.2. The van der Waals surface area contributed by atoms with Gasteiger partial charge in [0.2, 0.25) is 0 Å². The van der Waals surface area contributed by atoms with E-state index < -0.39 is 5.91 Å². The van der Waals surface area contributed by atoms with Crippen molar-refractivity contribution in [1.29, 1.82) is 0 Å². The zero-order chi connectivity index (χ0) is 18.4. The number of aliphatic hydroxyl groups is 1. The van der Waals surface area contributed by atoms with Gasteiger partial charge in [-0.05, 0) is 30.7 Å². The SMILES string of the molecule is CCC(CO)NC(=O)c1cc(COc2ccc(-n3cncn3)cc2)on1. The predicted molar refractivity (Wildman–Crippen MR) is 90.8 cm³/mol. The minimum absolute atomic E-state index is 0.124. The Morgan fingerprint density at radius 1 is 1.38 bits per heavy atom. The summed E-state index contributed by atoms with van der Waals surface area (Å²) in [5.41, 5.74) is 1.01. The van der Waals surface area contributed by atoms with Crippen LogP contribution in [0.2, 0.25) is 0 Å². The van der Waals surface area contributed by atoms with Crippen molar-refractivity contribution in [1.82, 2.24) is 25.2 Å². The number of hydrogen-bond acceptors (Lipinski definition) is 7. The third-order valence-electron chi connectivity index (χ3n) is 3.74. The summed E-state index contributed by atoms with van der Waals surface area (Å²) in [6, 6.07) is 8.51. The van der Waals surface area contributed by atoms with Crippen LogP contribution in [0.25, 0.3) is 5.69 Å². The van der Waals surface area contributed by atoms with Crippen LogP contribution in [0.4, 0.5) is 0 Å². The maximum atomic E-state index is 12.0. The molecule has 2 heterocycles. The number of aromatic nitrogens is 4. The van der Waals surface area contributed by atoms with E-state index in [2.05, 4.69) is 20.6 Å². The average Bonchev–Trinajstić information content (AvgIpc) is 3.36. The summed E-state index contributed by atoms with van der Waals surface area (Å²) in [7, 11) is 0. The lowest BCUT2D eigenvalue weighted by Gasteiger charge is -2.12. The fraction of sp³-hybridized carbons (Fsp3) is 0.294. The minimum atomic E-state index is -0.391. The topological polar surface area (TPSA) is 115 Å². The van der Waals surface area contributed by atoms with Crippen LogP contribution < -0.4 is 10.1 Å². The fourth-order valence-corrected chi connectivity index (χ4v) is 2.22. The molecule has 2 aromatic heterocycles. The van der Waals surface area contributed by atoms with Crippen LogP contribution >= 0.6 is 0 Å². The molecule has 9 nitrogen and oxygen atoms in total. The van der Waals surface area contributed by atoms with Crippen LogP contribution in [0, 0.1) is 0 Å². The summed E-state index contributed by atoms with van der Waals surface area (Å²) >= 11 is 0. The minimum Gasteiger partial charge on any atom is -0.486 e. The Morgan fingerprint density at radius 2 is 2.19 bits per heavy atom. The summed E-state index contributed by atoms with van der Waals surface area (Å²) < 4.78 is 12.4. The third kappa shape index (κ3) is 4.25. The number of aliphatic hydroxyl groups excluding tert-OH is 1. The van der Waals surface area contributed by atoms with E-state index in [-0.39, 0.29) is 24.9 Å². The van der Waals surface area contributed by atoms with Crippen molar-refractivity contribution in [2.24, 2.45) is 0 Å². The summed E-state index contributed by atoms with van der Waals surface area (Å²) in [5, 5.41) is 19.6.